The normalized spacial score (nSPS) is 16.9. The zero-order valence-electron chi connectivity index (χ0n) is 17.9. The summed E-state index contributed by atoms with van der Waals surface area (Å²) in [6.45, 7) is 6.34. The average molecular weight is 422 g/mol. The first-order valence-electron chi connectivity index (χ1n) is 9.80. The smallest absolute Gasteiger partial charge is 0.429 e. The zero-order chi connectivity index (χ0) is 22.1. The van der Waals surface area contributed by atoms with Gasteiger partial charge in [-0.2, -0.15) is 0 Å². The third kappa shape index (κ3) is 7.31. The summed E-state index contributed by atoms with van der Waals surface area (Å²) in [5, 5.41) is 0.865. The molecule has 0 unspecified atom stereocenters. The molecule has 1 aliphatic heterocycles. The number of nitrogens with one attached hydrogen (secondary N) is 1. The van der Waals surface area contributed by atoms with Gasteiger partial charge in [0.05, 0.1) is 20.3 Å². The Balaban J connectivity index is 2.05. The zero-order valence-corrected chi connectivity index (χ0v) is 17.9. The van der Waals surface area contributed by atoms with E-state index in [9.17, 15) is 14.4 Å². The molecule has 1 aliphatic rings. The van der Waals surface area contributed by atoms with Gasteiger partial charge in [0.1, 0.15) is 6.61 Å². The lowest BCUT2D eigenvalue weighted by molar-refractivity contribution is -0.225. The Morgan fingerprint density at radius 2 is 1.83 bits per heavy atom. The summed E-state index contributed by atoms with van der Waals surface area (Å²) in [6, 6.07) is 7.98. The van der Waals surface area contributed by atoms with Crippen LogP contribution in [0.3, 0.4) is 0 Å². The van der Waals surface area contributed by atoms with Gasteiger partial charge < -0.3 is 18.9 Å². The van der Waals surface area contributed by atoms with Gasteiger partial charge in [0, 0.05) is 18.8 Å². The first-order valence-corrected chi connectivity index (χ1v) is 9.80. The van der Waals surface area contributed by atoms with E-state index in [0.29, 0.717) is 19.6 Å². The Morgan fingerprint density at radius 1 is 1.20 bits per heavy atom. The van der Waals surface area contributed by atoms with Crippen molar-refractivity contribution in [1.82, 2.24) is 10.4 Å². The van der Waals surface area contributed by atoms with Crippen LogP contribution in [0.25, 0.3) is 0 Å². The molecule has 2 rings (SSSR count). The first-order chi connectivity index (χ1) is 14.2. The van der Waals surface area contributed by atoms with Gasteiger partial charge in [-0.25, -0.2) is 14.6 Å². The fraction of sp³-hybridized carbons (Fsp3) is 0.571. The molecule has 0 radical (unpaired) electrons. The van der Waals surface area contributed by atoms with E-state index < -0.39 is 30.3 Å². The molecule has 30 heavy (non-hydrogen) atoms. The van der Waals surface area contributed by atoms with Crippen LogP contribution >= 0.6 is 0 Å². The molecule has 166 valence electrons. The number of carbonyl (C=O) groups excluding carboxylic acids is 3. The fourth-order valence-corrected chi connectivity index (χ4v) is 2.89. The molecule has 9 heteroatoms. The number of ether oxygens (including phenoxy) is 4. The van der Waals surface area contributed by atoms with E-state index >= 15 is 0 Å². The van der Waals surface area contributed by atoms with Gasteiger partial charge in [-0.05, 0) is 12.0 Å². The SMILES string of the molecule is COC(=O)[C@H](CCC1OCC(C)(C)CO1)N(NC(C)=O)C(=O)OCc1ccccc1. The van der Waals surface area contributed by atoms with E-state index in [-0.39, 0.29) is 18.4 Å². The quantitative estimate of drug-likeness (QED) is 0.531. The molecule has 9 nitrogen and oxygen atoms in total. The largest absolute Gasteiger partial charge is 0.467 e. The highest BCUT2D eigenvalue weighted by Gasteiger charge is 2.35. The monoisotopic (exact) mass is 422 g/mol. The predicted molar refractivity (Wildman–Crippen MR) is 107 cm³/mol. The molecule has 1 fully saturated rings. The van der Waals surface area contributed by atoms with Crippen molar-refractivity contribution in [2.75, 3.05) is 20.3 Å². The van der Waals surface area contributed by atoms with Crippen molar-refractivity contribution in [2.24, 2.45) is 5.41 Å². The molecule has 0 saturated carbocycles. The number of nitrogens with zero attached hydrogens (tertiary/aromatic N) is 1. The van der Waals surface area contributed by atoms with Crippen molar-refractivity contribution in [3.8, 4) is 0 Å². The van der Waals surface area contributed by atoms with E-state index in [4.69, 9.17) is 18.9 Å². The second kappa shape index (κ2) is 10.9. The summed E-state index contributed by atoms with van der Waals surface area (Å²) in [5.41, 5.74) is 3.06. The average Bonchev–Trinajstić information content (AvgIpc) is 2.72. The Kier molecular flexibility index (Phi) is 8.61. The van der Waals surface area contributed by atoms with Crippen LogP contribution in [0.4, 0.5) is 4.79 Å². The molecular weight excluding hydrogens is 392 g/mol. The van der Waals surface area contributed by atoms with Crippen LogP contribution < -0.4 is 5.43 Å². The van der Waals surface area contributed by atoms with Gasteiger partial charge >= 0.3 is 12.1 Å². The van der Waals surface area contributed by atoms with Gasteiger partial charge in [0.25, 0.3) is 0 Å². The predicted octanol–water partition coefficient (Wildman–Crippen LogP) is 2.40. The van der Waals surface area contributed by atoms with Gasteiger partial charge in [-0.15, -0.1) is 0 Å². The van der Waals surface area contributed by atoms with Crippen LogP contribution in [-0.4, -0.2) is 55.6 Å². The third-order valence-electron chi connectivity index (χ3n) is 4.46. The number of benzene rings is 1. The van der Waals surface area contributed by atoms with Crippen LogP contribution in [0.2, 0.25) is 0 Å². The van der Waals surface area contributed by atoms with E-state index in [1.54, 1.807) is 12.1 Å². The minimum Gasteiger partial charge on any atom is -0.467 e. The van der Waals surface area contributed by atoms with Crippen molar-refractivity contribution in [3.63, 3.8) is 0 Å². The first kappa shape index (κ1) is 23.6. The minimum atomic E-state index is -1.09. The molecule has 1 aromatic rings. The van der Waals surface area contributed by atoms with E-state index in [0.717, 1.165) is 10.6 Å². The molecule has 0 aliphatic carbocycles. The van der Waals surface area contributed by atoms with Crippen LogP contribution in [0.1, 0.15) is 39.2 Å². The van der Waals surface area contributed by atoms with Gasteiger partial charge in [0.2, 0.25) is 5.91 Å². The molecule has 0 aromatic heterocycles. The molecule has 1 N–H and O–H groups in total. The molecule has 1 atom stereocenters. The molecule has 1 saturated heterocycles. The second-order valence-electron chi connectivity index (χ2n) is 7.91. The fourth-order valence-electron chi connectivity index (χ4n) is 2.89. The molecule has 0 bridgehead atoms. The van der Waals surface area contributed by atoms with Crippen molar-refractivity contribution in [1.29, 1.82) is 0 Å². The number of carbonyl (C=O) groups is 3. The summed E-state index contributed by atoms with van der Waals surface area (Å²) in [4.78, 5) is 36.7. The number of rotatable bonds is 7. The lowest BCUT2D eigenvalue weighted by Crippen LogP contribution is -2.55. The van der Waals surface area contributed by atoms with Crippen molar-refractivity contribution in [2.45, 2.75) is 52.6 Å². The number of hydrazine groups is 1. The van der Waals surface area contributed by atoms with Gasteiger partial charge in [-0.3, -0.25) is 10.2 Å². The second-order valence-corrected chi connectivity index (χ2v) is 7.91. The summed E-state index contributed by atoms with van der Waals surface area (Å²) in [6.07, 6.45) is -0.892. The number of amides is 2. The third-order valence-corrected chi connectivity index (χ3v) is 4.46. The number of esters is 1. The lowest BCUT2D eigenvalue weighted by atomic mass is 9.95. The summed E-state index contributed by atoms with van der Waals surface area (Å²) < 4.78 is 21.5. The molecule has 1 heterocycles. The highest BCUT2D eigenvalue weighted by molar-refractivity contribution is 5.83. The van der Waals surface area contributed by atoms with Crippen LogP contribution in [0.5, 0.6) is 0 Å². The maximum atomic E-state index is 12.7. The van der Waals surface area contributed by atoms with Crippen molar-refractivity contribution in [3.05, 3.63) is 35.9 Å². The standard InChI is InChI=1S/C21H30N2O7/c1-15(24)22-23(20(26)28-12-16-8-6-5-7-9-16)17(19(25)27-4)10-11-18-29-13-21(2,3)14-30-18/h5-9,17-18H,10-14H2,1-4H3,(H,22,24)/t17-/m0/s1. The van der Waals surface area contributed by atoms with E-state index in [2.05, 4.69) is 5.43 Å². The number of methoxy groups -OCH3 is 1. The molecule has 2 amide bonds. The van der Waals surface area contributed by atoms with Crippen molar-refractivity contribution >= 4 is 18.0 Å². The van der Waals surface area contributed by atoms with Crippen LogP contribution in [0, 0.1) is 5.41 Å². The summed E-state index contributed by atoms with van der Waals surface area (Å²) in [7, 11) is 1.21. The number of hydrogen-bond donors (Lipinski definition) is 1. The lowest BCUT2D eigenvalue weighted by Gasteiger charge is -2.35. The maximum Gasteiger partial charge on any atom is 0.429 e. The molecule has 1 aromatic carbocycles. The Morgan fingerprint density at radius 3 is 2.40 bits per heavy atom. The minimum absolute atomic E-state index is 0.00637. The Labute approximate surface area is 176 Å². The molecule has 0 spiro atoms. The van der Waals surface area contributed by atoms with E-state index in [1.807, 2.05) is 32.0 Å². The Hall–Kier alpha value is -2.65. The maximum absolute atomic E-state index is 12.7. The van der Waals surface area contributed by atoms with Crippen LogP contribution in [-0.2, 0) is 35.1 Å². The van der Waals surface area contributed by atoms with Crippen molar-refractivity contribution < 1.29 is 33.3 Å². The highest BCUT2D eigenvalue weighted by atomic mass is 16.7. The summed E-state index contributed by atoms with van der Waals surface area (Å²) in [5.74, 6) is -1.20. The topological polar surface area (TPSA) is 103 Å². The van der Waals surface area contributed by atoms with Crippen LogP contribution in [0.15, 0.2) is 30.3 Å². The molecular formula is C21H30N2O7. The van der Waals surface area contributed by atoms with E-state index in [1.165, 1.54) is 14.0 Å². The number of hydrogen-bond acceptors (Lipinski definition) is 7. The van der Waals surface area contributed by atoms with Gasteiger partial charge in [0.15, 0.2) is 12.3 Å². The highest BCUT2D eigenvalue weighted by Crippen LogP contribution is 2.25. The summed E-state index contributed by atoms with van der Waals surface area (Å²) >= 11 is 0. The van der Waals surface area contributed by atoms with Gasteiger partial charge in [-0.1, -0.05) is 44.2 Å². The Bertz CT molecular complexity index is 713.